The first-order valence-corrected chi connectivity index (χ1v) is 11.5. The van der Waals surface area contributed by atoms with Crippen LogP contribution in [0, 0.1) is 5.41 Å². The Balaban J connectivity index is 1.32. The molecule has 1 aliphatic rings. The number of hydrogen-bond acceptors (Lipinski definition) is 4. The Morgan fingerprint density at radius 2 is 1.46 bits per heavy atom. The van der Waals surface area contributed by atoms with Crippen LogP contribution in [-0.4, -0.2) is 36.2 Å². The maximum absolute atomic E-state index is 12.5. The molecule has 0 aliphatic heterocycles. The number of carbonyl (C=O) groups is 3. The molecule has 0 heterocycles. The average Bonchev–Trinajstić information content (AvgIpc) is 3.15. The van der Waals surface area contributed by atoms with Gasteiger partial charge < -0.3 is 15.2 Å². The van der Waals surface area contributed by atoms with Crippen molar-refractivity contribution < 1.29 is 24.2 Å². The molecule has 3 N–H and O–H groups in total. The molecule has 35 heavy (non-hydrogen) atoms. The van der Waals surface area contributed by atoms with Gasteiger partial charge in [-0.25, -0.2) is 4.79 Å². The summed E-state index contributed by atoms with van der Waals surface area (Å²) in [6, 6.07) is 22.7. The van der Waals surface area contributed by atoms with E-state index >= 15 is 0 Å². The van der Waals surface area contributed by atoms with Gasteiger partial charge in [0, 0.05) is 23.7 Å². The molecule has 0 bridgehead atoms. The fourth-order valence-corrected chi connectivity index (χ4v) is 4.35. The molecular weight excluding hydrogens is 444 g/mol. The first kappa shape index (κ1) is 24.0. The van der Waals surface area contributed by atoms with Gasteiger partial charge in [-0.15, -0.1) is 0 Å². The van der Waals surface area contributed by atoms with Crippen molar-refractivity contribution in [2.45, 2.75) is 26.2 Å². The quantitative estimate of drug-likeness (QED) is 0.414. The van der Waals surface area contributed by atoms with Crippen LogP contribution in [-0.2, 0) is 9.53 Å². The Labute approximate surface area is 204 Å². The van der Waals surface area contributed by atoms with Crippen LogP contribution in [0.25, 0.3) is 11.1 Å². The summed E-state index contributed by atoms with van der Waals surface area (Å²) in [5.74, 6) is -1.24. The highest BCUT2D eigenvalue weighted by Gasteiger charge is 2.29. The lowest BCUT2D eigenvalue weighted by Gasteiger charge is -2.22. The highest BCUT2D eigenvalue weighted by Crippen LogP contribution is 2.44. The summed E-state index contributed by atoms with van der Waals surface area (Å²) < 4.78 is 5.55. The zero-order chi connectivity index (χ0) is 25.0. The molecule has 2 amide bonds. The molecule has 3 aromatic carbocycles. The number of anilines is 1. The van der Waals surface area contributed by atoms with Gasteiger partial charge in [-0.3, -0.25) is 14.9 Å². The highest BCUT2D eigenvalue weighted by molar-refractivity contribution is 5.95. The summed E-state index contributed by atoms with van der Waals surface area (Å²) in [4.78, 5) is 35.8. The van der Waals surface area contributed by atoms with Gasteiger partial charge in [0.2, 0.25) is 0 Å². The van der Waals surface area contributed by atoms with Gasteiger partial charge in [0.1, 0.15) is 6.61 Å². The molecule has 7 nitrogen and oxygen atoms in total. The SMILES string of the molecule is CC(C)(CNC(=O)c1ccc(NC(=O)OCC2c3ccccc3-c3ccccc32)cc1)CC(=O)O. The molecule has 4 rings (SSSR count). The number of carbonyl (C=O) groups excluding carboxylic acids is 2. The number of aliphatic carboxylic acids is 1. The first-order valence-electron chi connectivity index (χ1n) is 11.5. The van der Waals surface area contributed by atoms with E-state index < -0.39 is 17.5 Å². The summed E-state index contributed by atoms with van der Waals surface area (Å²) in [6.45, 7) is 4.01. The van der Waals surface area contributed by atoms with Crippen LogP contribution in [0.3, 0.4) is 0 Å². The van der Waals surface area contributed by atoms with Crippen molar-refractivity contribution in [3.8, 4) is 11.1 Å². The maximum Gasteiger partial charge on any atom is 0.411 e. The van der Waals surface area contributed by atoms with Gasteiger partial charge in [-0.05, 0) is 51.9 Å². The zero-order valence-corrected chi connectivity index (χ0v) is 19.7. The fourth-order valence-electron chi connectivity index (χ4n) is 4.35. The third kappa shape index (κ3) is 5.69. The van der Waals surface area contributed by atoms with E-state index in [1.54, 1.807) is 38.1 Å². The van der Waals surface area contributed by atoms with Crippen LogP contribution in [0.1, 0.15) is 47.7 Å². The van der Waals surface area contributed by atoms with Crippen molar-refractivity contribution in [3.63, 3.8) is 0 Å². The van der Waals surface area contributed by atoms with E-state index in [4.69, 9.17) is 9.84 Å². The number of fused-ring (bicyclic) bond motifs is 3. The van der Waals surface area contributed by atoms with Gasteiger partial charge in [-0.1, -0.05) is 62.4 Å². The van der Waals surface area contributed by atoms with Gasteiger partial charge in [-0.2, -0.15) is 0 Å². The number of carboxylic acids is 1. The Morgan fingerprint density at radius 3 is 2.03 bits per heavy atom. The van der Waals surface area contributed by atoms with Crippen LogP contribution >= 0.6 is 0 Å². The predicted octanol–water partition coefficient (Wildman–Crippen LogP) is 5.28. The highest BCUT2D eigenvalue weighted by atomic mass is 16.5. The molecular formula is C28H28N2O5. The maximum atomic E-state index is 12.5. The predicted molar refractivity (Wildman–Crippen MR) is 134 cm³/mol. The van der Waals surface area contributed by atoms with Crippen LogP contribution in [0.15, 0.2) is 72.8 Å². The van der Waals surface area contributed by atoms with Crippen molar-refractivity contribution in [2.24, 2.45) is 5.41 Å². The normalized spacial score (nSPS) is 12.4. The van der Waals surface area contributed by atoms with Crippen molar-refractivity contribution in [1.29, 1.82) is 0 Å². The monoisotopic (exact) mass is 472 g/mol. The van der Waals surface area contributed by atoms with E-state index in [-0.39, 0.29) is 31.4 Å². The molecule has 180 valence electrons. The Morgan fingerprint density at radius 1 is 0.886 bits per heavy atom. The van der Waals surface area contributed by atoms with Crippen molar-refractivity contribution in [1.82, 2.24) is 5.32 Å². The minimum Gasteiger partial charge on any atom is -0.481 e. The van der Waals surface area contributed by atoms with E-state index in [9.17, 15) is 14.4 Å². The number of carboxylic acid groups (broad SMARTS) is 1. The molecule has 0 radical (unpaired) electrons. The lowest BCUT2D eigenvalue weighted by atomic mass is 9.89. The fraction of sp³-hybridized carbons (Fsp3) is 0.250. The minimum atomic E-state index is -0.909. The molecule has 1 aliphatic carbocycles. The second kappa shape index (κ2) is 10.0. The zero-order valence-electron chi connectivity index (χ0n) is 19.7. The van der Waals surface area contributed by atoms with Crippen LogP contribution in [0.2, 0.25) is 0 Å². The second-order valence-corrected chi connectivity index (χ2v) is 9.45. The molecule has 3 aromatic rings. The number of benzene rings is 3. The molecule has 7 heteroatoms. The van der Waals surface area contributed by atoms with Gasteiger partial charge in [0.15, 0.2) is 0 Å². The third-order valence-corrected chi connectivity index (χ3v) is 6.09. The molecule has 0 fully saturated rings. The molecule has 0 saturated heterocycles. The van der Waals surface area contributed by atoms with E-state index in [0.29, 0.717) is 11.3 Å². The van der Waals surface area contributed by atoms with Crippen molar-refractivity contribution in [3.05, 3.63) is 89.5 Å². The summed E-state index contributed by atoms with van der Waals surface area (Å²) in [5.41, 5.74) is 4.97. The largest absolute Gasteiger partial charge is 0.481 e. The van der Waals surface area contributed by atoms with Crippen LogP contribution < -0.4 is 10.6 Å². The third-order valence-electron chi connectivity index (χ3n) is 6.09. The van der Waals surface area contributed by atoms with Gasteiger partial charge in [0.05, 0.1) is 6.42 Å². The minimum absolute atomic E-state index is 0.0235. The molecule has 0 atom stereocenters. The second-order valence-electron chi connectivity index (χ2n) is 9.45. The topological polar surface area (TPSA) is 105 Å². The van der Waals surface area contributed by atoms with Crippen molar-refractivity contribution in [2.75, 3.05) is 18.5 Å². The van der Waals surface area contributed by atoms with Crippen LogP contribution in [0.5, 0.6) is 0 Å². The number of hydrogen-bond donors (Lipinski definition) is 3. The molecule has 0 saturated carbocycles. The Kier molecular flexibility index (Phi) is 6.87. The van der Waals surface area contributed by atoms with Gasteiger partial charge in [0.25, 0.3) is 5.91 Å². The average molecular weight is 473 g/mol. The Hall–Kier alpha value is -4.13. The standard InChI is InChI=1S/C28H28N2O5/c1-28(2,15-25(31)32)17-29-26(33)18-11-13-19(14-12-18)30-27(34)35-16-24-22-9-5-3-7-20(22)21-8-4-6-10-23(21)24/h3-14,24H,15-17H2,1-2H3,(H,29,33)(H,30,34)(H,31,32). The molecule has 0 aromatic heterocycles. The lowest BCUT2D eigenvalue weighted by Crippen LogP contribution is -2.35. The summed E-state index contributed by atoms with van der Waals surface area (Å²) in [5, 5.41) is 14.4. The lowest BCUT2D eigenvalue weighted by molar-refractivity contribution is -0.139. The van der Waals surface area contributed by atoms with E-state index in [1.807, 2.05) is 24.3 Å². The van der Waals surface area contributed by atoms with Gasteiger partial charge >= 0.3 is 12.1 Å². The van der Waals surface area contributed by atoms with E-state index in [1.165, 1.54) is 0 Å². The Bertz CT molecular complexity index is 1200. The van der Waals surface area contributed by atoms with Crippen molar-refractivity contribution >= 4 is 23.7 Å². The number of ether oxygens (including phenoxy) is 1. The van der Waals surface area contributed by atoms with Crippen LogP contribution in [0.4, 0.5) is 10.5 Å². The summed E-state index contributed by atoms with van der Waals surface area (Å²) in [7, 11) is 0. The molecule has 0 spiro atoms. The van der Waals surface area contributed by atoms with E-state index in [2.05, 4.69) is 34.9 Å². The first-order chi connectivity index (χ1) is 16.7. The van der Waals surface area contributed by atoms with E-state index in [0.717, 1.165) is 22.3 Å². The summed E-state index contributed by atoms with van der Waals surface area (Å²) >= 11 is 0. The smallest absolute Gasteiger partial charge is 0.411 e. The summed E-state index contributed by atoms with van der Waals surface area (Å²) in [6.07, 6.45) is -0.615. The molecule has 0 unspecified atom stereocenters. The number of nitrogens with one attached hydrogen (secondary N) is 2. The number of amides is 2. The number of rotatable bonds is 8.